The number of aromatic nitrogens is 1. The zero-order valence-corrected chi connectivity index (χ0v) is 10.5. The molecule has 0 unspecified atom stereocenters. The van der Waals surface area contributed by atoms with Crippen molar-refractivity contribution in [2.75, 3.05) is 13.9 Å². The first kappa shape index (κ1) is 14.0. The Balaban J connectivity index is 2.71. The Morgan fingerprint density at radius 3 is 2.78 bits per heavy atom. The molecular formula is C12H15NO5. The van der Waals surface area contributed by atoms with E-state index in [4.69, 9.17) is 14.2 Å². The average Bonchev–Trinajstić information content (AvgIpc) is 2.38. The molecular weight excluding hydrogens is 238 g/mol. The number of hydrogen-bond donors (Lipinski definition) is 0. The van der Waals surface area contributed by atoms with Crippen molar-refractivity contribution >= 4 is 12.3 Å². The third-order valence-electron chi connectivity index (χ3n) is 2.10. The van der Waals surface area contributed by atoms with Crippen LogP contribution in [0, 0.1) is 5.92 Å². The minimum Gasteiger partial charge on any atom is -0.493 e. The van der Waals surface area contributed by atoms with Crippen molar-refractivity contribution in [2.45, 2.75) is 13.8 Å². The maximum atomic E-state index is 11.2. The molecule has 6 nitrogen and oxygen atoms in total. The van der Waals surface area contributed by atoms with E-state index in [-0.39, 0.29) is 30.1 Å². The van der Waals surface area contributed by atoms with Crippen LogP contribution in [-0.2, 0) is 9.53 Å². The van der Waals surface area contributed by atoms with E-state index in [1.54, 1.807) is 19.9 Å². The number of esters is 1. The molecule has 0 aliphatic carbocycles. The van der Waals surface area contributed by atoms with Crippen LogP contribution in [0.5, 0.6) is 11.5 Å². The van der Waals surface area contributed by atoms with E-state index >= 15 is 0 Å². The Morgan fingerprint density at radius 1 is 1.50 bits per heavy atom. The normalized spacial score (nSPS) is 10.0. The van der Waals surface area contributed by atoms with Gasteiger partial charge in [0, 0.05) is 12.3 Å². The smallest absolute Gasteiger partial charge is 0.311 e. The van der Waals surface area contributed by atoms with Gasteiger partial charge in [0.2, 0.25) is 6.79 Å². The van der Waals surface area contributed by atoms with Crippen LogP contribution in [0.2, 0.25) is 0 Å². The van der Waals surface area contributed by atoms with Gasteiger partial charge in [0.1, 0.15) is 5.69 Å². The van der Waals surface area contributed by atoms with Gasteiger partial charge in [-0.25, -0.2) is 4.98 Å². The molecule has 0 radical (unpaired) electrons. The van der Waals surface area contributed by atoms with Crippen LogP contribution in [0.15, 0.2) is 12.3 Å². The summed E-state index contributed by atoms with van der Waals surface area (Å²) in [6, 6.07) is 1.55. The van der Waals surface area contributed by atoms with E-state index in [9.17, 15) is 9.59 Å². The molecule has 0 atom stereocenters. The number of nitrogens with zero attached hydrogens (tertiary/aromatic N) is 1. The van der Waals surface area contributed by atoms with Gasteiger partial charge in [-0.1, -0.05) is 13.8 Å². The Morgan fingerprint density at radius 2 is 2.22 bits per heavy atom. The standard InChI is InChI=1S/C12H15NO5/c1-8(2)12(15)18-7-17-11-9(6-14)13-5-4-10(11)16-3/h4-6,8H,7H2,1-3H3. The van der Waals surface area contributed by atoms with Crippen molar-refractivity contribution < 1.29 is 23.8 Å². The number of methoxy groups -OCH3 is 1. The number of carbonyl (C=O) groups excluding carboxylic acids is 2. The molecule has 0 spiro atoms. The molecule has 0 saturated carbocycles. The Labute approximate surface area is 105 Å². The van der Waals surface area contributed by atoms with Gasteiger partial charge in [0.25, 0.3) is 0 Å². The lowest BCUT2D eigenvalue weighted by Gasteiger charge is -2.12. The number of carbonyl (C=O) groups is 2. The average molecular weight is 253 g/mol. The Hall–Kier alpha value is -2.11. The molecule has 1 rings (SSSR count). The minimum absolute atomic E-state index is 0.0925. The molecule has 1 aromatic rings. The van der Waals surface area contributed by atoms with Gasteiger partial charge < -0.3 is 14.2 Å². The van der Waals surface area contributed by atoms with Crippen molar-refractivity contribution in [3.8, 4) is 11.5 Å². The monoisotopic (exact) mass is 253 g/mol. The molecule has 0 aliphatic heterocycles. The van der Waals surface area contributed by atoms with E-state index in [1.165, 1.54) is 13.3 Å². The second-order valence-corrected chi connectivity index (χ2v) is 3.73. The van der Waals surface area contributed by atoms with Crippen LogP contribution >= 0.6 is 0 Å². The van der Waals surface area contributed by atoms with E-state index in [0.29, 0.717) is 12.0 Å². The number of hydrogen-bond acceptors (Lipinski definition) is 6. The number of rotatable bonds is 6. The summed E-state index contributed by atoms with van der Waals surface area (Å²) in [5, 5.41) is 0. The molecule has 98 valence electrons. The molecule has 0 N–H and O–H groups in total. The fourth-order valence-corrected chi connectivity index (χ4v) is 1.15. The van der Waals surface area contributed by atoms with E-state index in [0.717, 1.165) is 0 Å². The van der Waals surface area contributed by atoms with Gasteiger partial charge in [0.05, 0.1) is 13.0 Å². The first-order valence-corrected chi connectivity index (χ1v) is 5.37. The number of pyridine rings is 1. The fourth-order valence-electron chi connectivity index (χ4n) is 1.15. The summed E-state index contributed by atoms with van der Waals surface area (Å²) in [6.07, 6.45) is 1.97. The van der Waals surface area contributed by atoms with Crippen molar-refractivity contribution in [3.05, 3.63) is 18.0 Å². The SMILES string of the molecule is COc1ccnc(C=O)c1OCOC(=O)C(C)C. The molecule has 0 aliphatic rings. The first-order chi connectivity index (χ1) is 8.60. The summed E-state index contributed by atoms with van der Waals surface area (Å²) in [5.41, 5.74) is 0.0925. The number of aldehydes is 1. The van der Waals surface area contributed by atoms with Crippen LogP contribution in [0.3, 0.4) is 0 Å². The van der Waals surface area contributed by atoms with E-state index in [1.807, 2.05) is 0 Å². The predicted octanol–water partition coefficient (Wildman–Crippen LogP) is 1.44. The summed E-state index contributed by atoms with van der Waals surface area (Å²) in [5.74, 6) is -0.111. The molecule has 0 amide bonds. The van der Waals surface area contributed by atoms with Gasteiger partial charge in [-0.05, 0) is 0 Å². The van der Waals surface area contributed by atoms with E-state index in [2.05, 4.69) is 4.98 Å². The largest absolute Gasteiger partial charge is 0.493 e. The maximum Gasteiger partial charge on any atom is 0.311 e. The zero-order valence-electron chi connectivity index (χ0n) is 10.5. The van der Waals surface area contributed by atoms with E-state index < -0.39 is 0 Å². The van der Waals surface area contributed by atoms with Crippen LogP contribution in [0.25, 0.3) is 0 Å². The second kappa shape index (κ2) is 6.58. The summed E-state index contributed by atoms with van der Waals surface area (Å²) in [6.45, 7) is 3.13. The van der Waals surface area contributed by atoms with Crippen molar-refractivity contribution in [1.29, 1.82) is 0 Å². The molecule has 0 fully saturated rings. The molecule has 18 heavy (non-hydrogen) atoms. The van der Waals surface area contributed by atoms with Gasteiger partial charge >= 0.3 is 5.97 Å². The van der Waals surface area contributed by atoms with Gasteiger partial charge in [0.15, 0.2) is 17.8 Å². The molecule has 0 aromatic carbocycles. The highest BCUT2D eigenvalue weighted by Gasteiger charge is 2.13. The Bertz CT molecular complexity index is 430. The molecule has 0 bridgehead atoms. The molecule has 0 saturated heterocycles. The third-order valence-corrected chi connectivity index (χ3v) is 2.10. The second-order valence-electron chi connectivity index (χ2n) is 3.73. The van der Waals surface area contributed by atoms with Gasteiger partial charge in [-0.3, -0.25) is 9.59 Å². The highest BCUT2D eigenvalue weighted by molar-refractivity contribution is 5.78. The first-order valence-electron chi connectivity index (χ1n) is 5.37. The summed E-state index contributed by atoms with van der Waals surface area (Å²) in [7, 11) is 1.44. The van der Waals surface area contributed by atoms with Gasteiger partial charge in [-0.2, -0.15) is 0 Å². The third kappa shape index (κ3) is 3.44. The fraction of sp³-hybridized carbons (Fsp3) is 0.417. The van der Waals surface area contributed by atoms with Crippen molar-refractivity contribution in [2.24, 2.45) is 5.92 Å². The van der Waals surface area contributed by atoms with Gasteiger partial charge in [-0.15, -0.1) is 0 Å². The molecule has 6 heteroatoms. The quantitative estimate of drug-likeness (QED) is 0.434. The summed E-state index contributed by atoms with van der Waals surface area (Å²) in [4.78, 5) is 25.8. The lowest BCUT2D eigenvalue weighted by Crippen LogP contribution is -2.16. The zero-order chi connectivity index (χ0) is 13.5. The number of ether oxygens (including phenoxy) is 3. The van der Waals surface area contributed by atoms with Crippen LogP contribution < -0.4 is 9.47 Å². The lowest BCUT2D eigenvalue weighted by molar-refractivity contribution is -0.154. The predicted molar refractivity (Wildman–Crippen MR) is 62.6 cm³/mol. The lowest BCUT2D eigenvalue weighted by atomic mass is 10.2. The van der Waals surface area contributed by atoms with Crippen molar-refractivity contribution in [1.82, 2.24) is 4.98 Å². The maximum absolute atomic E-state index is 11.2. The Kier molecular flexibility index (Phi) is 5.10. The summed E-state index contributed by atoms with van der Waals surface area (Å²) < 4.78 is 15.1. The van der Waals surface area contributed by atoms with Crippen LogP contribution in [0.1, 0.15) is 24.3 Å². The van der Waals surface area contributed by atoms with Crippen molar-refractivity contribution in [3.63, 3.8) is 0 Å². The highest BCUT2D eigenvalue weighted by atomic mass is 16.7. The highest BCUT2D eigenvalue weighted by Crippen LogP contribution is 2.28. The van der Waals surface area contributed by atoms with Crippen LogP contribution in [0.4, 0.5) is 0 Å². The van der Waals surface area contributed by atoms with Crippen LogP contribution in [-0.4, -0.2) is 31.1 Å². The minimum atomic E-state index is -0.384. The topological polar surface area (TPSA) is 74.7 Å². The summed E-state index contributed by atoms with van der Waals surface area (Å²) >= 11 is 0. The molecule has 1 aromatic heterocycles. The molecule has 1 heterocycles.